The molecule has 26 heavy (non-hydrogen) atoms. The van der Waals surface area contributed by atoms with Crippen LogP contribution in [0, 0.1) is 11.7 Å². The van der Waals surface area contributed by atoms with Gasteiger partial charge in [0.25, 0.3) is 0 Å². The van der Waals surface area contributed by atoms with Crippen molar-refractivity contribution in [3.8, 4) is 11.4 Å². The molecule has 4 rings (SSSR count). The third-order valence-corrected chi connectivity index (χ3v) is 4.72. The topological polar surface area (TPSA) is 69.7 Å². The van der Waals surface area contributed by atoms with E-state index in [1.165, 1.54) is 6.07 Å². The molecule has 1 saturated heterocycles. The van der Waals surface area contributed by atoms with Crippen LogP contribution in [0.25, 0.3) is 22.4 Å². The Labute approximate surface area is 153 Å². The molecule has 0 aliphatic carbocycles. The Bertz CT molecular complexity index is 912. The molecular weight excluding hydrogens is 331 g/mol. The van der Waals surface area contributed by atoms with E-state index in [0.717, 1.165) is 37.1 Å². The van der Waals surface area contributed by atoms with Crippen molar-refractivity contribution in [2.75, 3.05) is 24.5 Å². The van der Waals surface area contributed by atoms with Crippen molar-refractivity contribution in [3.05, 3.63) is 36.3 Å². The standard InChI is InChI=1S/C19H23FN6.H2/c1-12(2)10-13-11-26(9-8-21-13)19-15(20)5-6-16(23-19)17-14-4-3-7-22-18(14)25-24-17;/h3-7,12-13,21H,8-11H2,1-2H3,(H,22,24,25);1H/t13-;/m0./s1. The number of hydrogen-bond acceptors (Lipinski definition) is 5. The van der Waals surface area contributed by atoms with Crippen LogP contribution in [-0.4, -0.2) is 45.8 Å². The minimum Gasteiger partial charge on any atom is -0.351 e. The summed E-state index contributed by atoms with van der Waals surface area (Å²) in [5.74, 6) is 0.714. The van der Waals surface area contributed by atoms with Gasteiger partial charge >= 0.3 is 0 Å². The van der Waals surface area contributed by atoms with Crippen molar-refractivity contribution in [2.24, 2.45) is 5.92 Å². The van der Waals surface area contributed by atoms with E-state index in [0.29, 0.717) is 29.1 Å². The lowest BCUT2D eigenvalue weighted by atomic mass is 10.0. The van der Waals surface area contributed by atoms with Gasteiger partial charge in [-0.25, -0.2) is 14.4 Å². The molecule has 0 aromatic carbocycles. The number of H-pyrrole nitrogens is 1. The molecule has 138 valence electrons. The fourth-order valence-electron chi connectivity index (χ4n) is 3.58. The SMILES string of the molecule is CC(C)C[C@H]1CN(c2nc(-c3[nH]nc4ncccc34)ccc2F)CCN1.[HH]. The van der Waals surface area contributed by atoms with Gasteiger partial charge in [0.05, 0.1) is 11.4 Å². The maximum absolute atomic E-state index is 14.5. The molecule has 0 spiro atoms. The maximum atomic E-state index is 14.5. The molecular formula is C19H25FN6. The number of anilines is 1. The Morgan fingerprint density at radius 1 is 1.35 bits per heavy atom. The lowest BCUT2D eigenvalue weighted by molar-refractivity contribution is 0.385. The van der Waals surface area contributed by atoms with E-state index in [9.17, 15) is 4.39 Å². The smallest absolute Gasteiger partial charge is 0.181 e. The fourth-order valence-corrected chi connectivity index (χ4v) is 3.58. The predicted octanol–water partition coefficient (Wildman–Crippen LogP) is 3.23. The first kappa shape index (κ1) is 16.9. The van der Waals surface area contributed by atoms with Crippen LogP contribution >= 0.6 is 0 Å². The summed E-state index contributed by atoms with van der Waals surface area (Å²) in [5.41, 5.74) is 2.08. The average Bonchev–Trinajstić information content (AvgIpc) is 3.06. The van der Waals surface area contributed by atoms with Crippen molar-refractivity contribution in [1.82, 2.24) is 25.5 Å². The molecule has 0 unspecified atom stereocenters. The number of aromatic amines is 1. The number of piperazine rings is 1. The first-order valence-electron chi connectivity index (χ1n) is 9.06. The van der Waals surface area contributed by atoms with Gasteiger partial charge in [-0.15, -0.1) is 0 Å². The quantitative estimate of drug-likeness (QED) is 0.751. The van der Waals surface area contributed by atoms with Crippen molar-refractivity contribution in [1.29, 1.82) is 0 Å². The molecule has 1 aliphatic rings. The van der Waals surface area contributed by atoms with Gasteiger partial charge in [-0.3, -0.25) is 5.10 Å². The Morgan fingerprint density at radius 3 is 3.08 bits per heavy atom. The van der Waals surface area contributed by atoms with Crippen LogP contribution in [0.2, 0.25) is 0 Å². The summed E-state index contributed by atoms with van der Waals surface area (Å²) in [7, 11) is 0. The largest absolute Gasteiger partial charge is 0.351 e. The van der Waals surface area contributed by atoms with Crippen molar-refractivity contribution in [3.63, 3.8) is 0 Å². The van der Waals surface area contributed by atoms with E-state index >= 15 is 0 Å². The Morgan fingerprint density at radius 2 is 2.23 bits per heavy atom. The molecule has 3 aromatic rings. The van der Waals surface area contributed by atoms with Gasteiger partial charge in [-0.05, 0) is 36.6 Å². The number of halogens is 1. The number of nitrogens with one attached hydrogen (secondary N) is 2. The number of hydrogen-bond donors (Lipinski definition) is 2. The van der Waals surface area contributed by atoms with E-state index in [1.54, 1.807) is 12.3 Å². The summed E-state index contributed by atoms with van der Waals surface area (Å²) in [6.07, 6.45) is 2.76. The lowest BCUT2D eigenvalue weighted by Crippen LogP contribution is -2.51. The van der Waals surface area contributed by atoms with Crippen LogP contribution < -0.4 is 10.2 Å². The molecule has 4 heterocycles. The third kappa shape index (κ3) is 3.26. The molecule has 6 nitrogen and oxygen atoms in total. The number of fused-ring (bicyclic) bond motifs is 1. The third-order valence-electron chi connectivity index (χ3n) is 4.72. The molecule has 2 N–H and O–H groups in total. The molecule has 3 aromatic heterocycles. The van der Waals surface area contributed by atoms with E-state index in [4.69, 9.17) is 0 Å². The van der Waals surface area contributed by atoms with Crippen LogP contribution in [-0.2, 0) is 0 Å². The maximum Gasteiger partial charge on any atom is 0.181 e. The zero-order valence-corrected chi connectivity index (χ0v) is 15.0. The highest BCUT2D eigenvalue weighted by atomic mass is 19.1. The molecule has 1 fully saturated rings. The van der Waals surface area contributed by atoms with E-state index < -0.39 is 0 Å². The molecule has 0 saturated carbocycles. The second-order valence-electron chi connectivity index (χ2n) is 7.20. The van der Waals surface area contributed by atoms with Gasteiger partial charge in [0, 0.05) is 38.7 Å². The zero-order chi connectivity index (χ0) is 18.1. The minimum absolute atomic E-state index is 0. The molecule has 0 bridgehead atoms. The number of rotatable bonds is 4. The van der Waals surface area contributed by atoms with Gasteiger partial charge in [-0.2, -0.15) is 5.10 Å². The minimum atomic E-state index is -0.291. The summed E-state index contributed by atoms with van der Waals surface area (Å²) in [4.78, 5) is 10.9. The first-order chi connectivity index (χ1) is 12.6. The van der Waals surface area contributed by atoms with Gasteiger partial charge < -0.3 is 10.2 Å². The van der Waals surface area contributed by atoms with Gasteiger partial charge in [0.15, 0.2) is 17.3 Å². The van der Waals surface area contributed by atoms with Crippen LogP contribution in [0.15, 0.2) is 30.5 Å². The second-order valence-corrected chi connectivity index (χ2v) is 7.20. The molecule has 7 heteroatoms. The normalized spacial score (nSPS) is 18.0. The zero-order valence-electron chi connectivity index (χ0n) is 15.0. The fraction of sp³-hybridized carbons (Fsp3) is 0.421. The van der Waals surface area contributed by atoms with Crippen LogP contribution in [0.3, 0.4) is 0 Å². The van der Waals surface area contributed by atoms with Crippen molar-refractivity contribution in [2.45, 2.75) is 26.3 Å². The van der Waals surface area contributed by atoms with Crippen LogP contribution in [0.1, 0.15) is 21.7 Å². The van der Waals surface area contributed by atoms with E-state index in [-0.39, 0.29) is 7.24 Å². The molecule has 0 radical (unpaired) electrons. The Hall–Kier alpha value is -2.54. The van der Waals surface area contributed by atoms with Gasteiger partial charge in [0.2, 0.25) is 0 Å². The van der Waals surface area contributed by atoms with Crippen LogP contribution in [0.5, 0.6) is 0 Å². The predicted molar refractivity (Wildman–Crippen MR) is 103 cm³/mol. The van der Waals surface area contributed by atoms with Crippen molar-refractivity contribution >= 4 is 16.9 Å². The summed E-state index contributed by atoms with van der Waals surface area (Å²) < 4.78 is 14.5. The molecule has 1 aliphatic heterocycles. The van der Waals surface area contributed by atoms with E-state index in [1.807, 2.05) is 17.0 Å². The highest BCUT2D eigenvalue weighted by Gasteiger charge is 2.24. The first-order valence-corrected chi connectivity index (χ1v) is 9.06. The lowest BCUT2D eigenvalue weighted by Gasteiger charge is -2.35. The number of nitrogens with zero attached hydrogens (tertiary/aromatic N) is 4. The number of pyridine rings is 2. The summed E-state index contributed by atoms with van der Waals surface area (Å²) in [6.45, 7) is 6.75. The summed E-state index contributed by atoms with van der Waals surface area (Å²) in [6, 6.07) is 7.33. The molecule has 1 atom stereocenters. The van der Waals surface area contributed by atoms with Gasteiger partial charge in [0.1, 0.15) is 0 Å². The van der Waals surface area contributed by atoms with Crippen molar-refractivity contribution < 1.29 is 5.82 Å². The summed E-state index contributed by atoms with van der Waals surface area (Å²) >= 11 is 0. The van der Waals surface area contributed by atoms with Gasteiger partial charge in [-0.1, -0.05) is 13.8 Å². The average molecular weight is 356 g/mol. The highest BCUT2D eigenvalue weighted by Crippen LogP contribution is 2.27. The van der Waals surface area contributed by atoms with E-state index in [2.05, 4.69) is 39.3 Å². The Balaban J connectivity index is 0.00000210. The summed E-state index contributed by atoms with van der Waals surface area (Å²) in [5, 5.41) is 11.6. The second kappa shape index (κ2) is 6.99. The highest BCUT2D eigenvalue weighted by molar-refractivity contribution is 5.89. The number of aromatic nitrogens is 4. The monoisotopic (exact) mass is 356 g/mol. The Kier molecular flexibility index (Phi) is 4.55. The molecule has 0 amide bonds. The van der Waals surface area contributed by atoms with Crippen LogP contribution in [0.4, 0.5) is 10.2 Å².